The second-order valence-corrected chi connectivity index (χ2v) is 8.77. The van der Waals surface area contributed by atoms with E-state index in [2.05, 4.69) is 42.9 Å². The van der Waals surface area contributed by atoms with Gasteiger partial charge in [0.15, 0.2) is 5.96 Å². The van der Waals surface area contributed by atoms with E-state index < -0.39 is 0 Å². The van der Waals surface area contributed by atoms with Crippen LogP contribution in [-0.2, 0) is 9.47 Å². The summed E-state index contributed by atoms with van der Waals surface area (Å²) in [7, 11) is 3.63. The Balaban J connectivity index is 0.00000320. The molecule has 0 aliphatic carbocycles. The number of hydrogen-bond donors (Lipinski definition) is 2. The Morgan fingerprint density at radius 1 is 1.27 bits per heavy atom. The lowest BCUT2D eigenvalue weighted by atomic mass is 9.97. The molecule has 3 heterocycles. The summed E-state index contributed by atoms with van der Waals surface area (Å²) in [6.07, 6.45) is 2.47. The van der Waals surface area contributed by atoms with Crippen molar-refractivity contribution < 1.29 is 9.47 Å². The fourth-order valence-corrected chi connectivity index (χ4v) is 4.93. The van der Waals surface area contributed by atoms with Crippen LogP contribution in [0.5, 0.6) is 0 Å². The van der Waals surface area contributed by atoms with E-state index in [0.29, 0.717) is 12.0 Å². The number of morpholine rings is 1. The highest BCUT2D eigenvalue weighted by Gasteiger charge is 2.24. The molecule has 2 aliphatic rings. The molecule has 3 rings (SSSR count). The summed E-state index contributed by atoms with van der Waals surface area (Å²) in [5, 5.41) is 9.29. The van der Waals surface area contributed by atoms with Crippen molar-refractivity contribution in [3.63, 3.8) is 0 Å². The van der Waals surface area contributed by atoms with Gasteiger partial charge in [-0.2, -0.15) is 0 Å². The van der Waals surface area contributed by atoms with Gasteiger partial charge in [0, 0.05) is 51.8 Å². The number of nitrogens with one attached hydrogen (secondary N) is 2. The average molecular weight is 552 g/mol. The molecule has 0 aromatic carbocycles. The topological polar surface area (TPSA) is 61.4 Å². The Bertz CT molecular complexity index is 590. The third-order valence-electron chi connectivity index (χ3n) is 5.92. The first-order valence-electron chi connectivity index (χ1n) is 10.8. The molecule has 0 bridgehead atoms. The van der Waals surface area contributed by atoms with Gasteiger partial charge < -0.3 is 25.0 Å². The van der Waals surface area contributed by atoms with Gasteiger partial charge in [0.05, 0.1) is 25.9 Å². The third kappa shape index (κ3) is 8.23. The molecule has 2 saturated heterocycles. The van der Waals surface area contributed by atoms with Crippen molar-refractivity contribution in [1.82, 2.24) is 20.4 Å². The largest absolute Gasteiger partial charge is 0.383 e. The molecule has 2 aliphatic heterocycles. The van der Waals surface area contributed by atoms with Crippen molar-refractivity contribution in [3.05, 3.63) is 22.4 Å². The van der Waals surface area contributed by atoms with Crippen LogP contribution in [0.2, 0.25) is 0 Å². The smallest absolute Gasteiger partial charge is 0.191 e. The minimum Gasteiger partial charge on any atom is -0.383 e. The van der Waals surface area contributed by atoms with Crippen LogP contribution in [0.3, 0.4) is 0 Å². The molecule has 1 atom stereocenters. The van der Waals surface area contributed by atoms with Gasteiger partial charge in [0.25, 0.3) is 0 Å². The Labute approximate surface area is 202 Å². The second kappa shape index (κ2) is 14.6. The standard InChI is InChI=1S/C21H37N5O2S.HI/c1-22-21(23-16-18-5-7-25(8-6-18)9-12-27-2)24-17-19(20-4-3-15-29-20)26-10-13-28-14-11-26;/h3-4,15,18-19H,5-14,16-17H2,1-2H3,(H2,22,23,24);1H. The van der Waals surface area contributed by atoms with E-state index in [4.69, 9.17) is 9.47 Å². The maximum Gasteiger partial charge on any atom is 0.191 e. The summed E-state index contributed by atoms with van der Waals surface area (Å²) in [5.74, 6) is 1.61. The molecule has 1 aromatic heterocycles. The van der Waals surface area contributed by atoms with E-state index in [0.717, 1.165) is 58.5 Å². The highest BCUT2D eigenvalue weighted by molar-refractivity contribution is 14.0. The van der Waals surface area contributed by atoms with Crippen LogP contribution < -0.4 is 10.6 Å². The first-order chi connectivity index (χ1) is 14.3. The van der Waals surface area contributed by atoms with Crippen LogP contribution in [0.4, 0.5) is 0 Å². The molecule has 2 fully saturated rings. The quantitative estimate of drug-likeness (QED) is 0.279. The fraction of sp³-hybridized carbons (Fsp3) is 0.762. The Kier molecular flexibility index (Phi) is 12.5. The van der Waals surface area contributed by atoms with Crippen LogP contribution in [0.15, 0.2) is 22.5 Å². The van der Waals surface area contributed by atoms with Crippen molar-refractivity contribution in [2.75, 3.05) is 79.8 Å². The van der Waals surface area contributed by atoms with E-state index in [-0.39, 0.29) is 24.0 Å². The van der Waals surface area contributed by atoms with Gasteiger partial charge in [0.1, 0.15) is 0 Å². The molecule has 0 saturated carbocycles. The number of halogens is 1. The van der Waals surface area contributed by atoms with Gasteiger partial charge in [-0.05, 0) is 43.3 Å². The van der Waals surface area contributed by atoms with E-state index in [1.54, 1.807) is 7.11 Å². The first kappa shape index (κ1) is 25.8. The van der Waals surface area contributed by atoms with Gasteiger partial charge in [-0.25, -0.2) is 0 Å². The first-order valence-corrected chi connectivity index (χ1v) is 11.7. The molecular formula is C21H38IN5O2S. The van der Waals surface area contributed by atoms with Crippen LogP contribution in [0, 0.1) is 5.92 Å². The maximum atomic E-state index is 5.54. The van der Waals surface area contributed by atoms with Gasteiger partial charge in [-0.1, -0.05) is 6.07 Å². The molecule has 1 aromatic rings. The monoisotopic (exact) mass is 551 g/mol. The van der Waals surface area contributed by atoms with Gasteiger partial charge in [-0.3, -0.25) is 9.89 Å². The van der Waals surface area contributed by atoms with E-state index >= 15 is 0 Å². The maximum absolute atomic E-state index is 5.54. The number of piperidine rings is 1. The number of guanidine groups is 1. The van der Waals surface area contributed by atoms with Crippen molar-refractivity contribution in [1.29, 1.82) is 0 Å². The highest BCUT2D eigenvalue weighted by Crippen LogP contribution is 2.25. The summed E-state index contributed by atoms with van der Waals surface area (Å²) < 4.78 is 10.7. The zero-order valence-electron chi connectivity index (χ0n) is 18.3. The lowest BCUT2D eigenvalue weighted by molar-refractivity contribution is 0.0177. The van der Waals surface area contributed by atoms with Crippen LogP contribution in [0.1, 0.15) is 23.8 Å². The summed E-state index contributed by atoms with van der Waals surface area (Å²) in [6, 6.07) is 4.74. The van der Waals surface area contributed by atoms with Gasteiger partial charge >= 0.3 is 0 Å². The normalized spacial score (nSPS) is 20.5. The Hall–Kier alpha value is -0.460. The summed E-state index contributed by atoms with van der Waals surface area (Å²) in [4.78, 5) is 10.9. The van der Waals surface area contributed by atoms with Crippen molar-refractivity contribution >= 4 is 41.3 Å². The van der Waals surface area contributed by atoms with E-state index in [1.807, 2.05) is 18.4 Å². The van der Waals surface area contributed by atoms with Crippen molar-refractivity contribution in [2.45, 2.75) is 18.9 Å². The highest BCUT2D eigenvalue weighted by atomic mass is 127. The molecule has 2 N–H and O–H groups in total. The molecule has 172 valence electrons. The van der Waals surface area contributed by atoms with Gasteiger partial charge in [-0.15, -0.1) is 35.3 Å². The average Bonchev–Trinajstić information content (AvgIpc) is 3.30. The lowest BCUT2D eigenvalue weighted by Gasteiger charge is -2.34. The van der Waals surface area contributed by atoms with E-state index in [1.165, 1.54) is 30.8 Å². The summed E-state index contributed by atoms with van der Waals surface area (Å²) >= 11 is 1.83. The molecule has 1 unspecified atom stereocenters. The number of likely N-dealkylation sites (tertiary alicyclic amines) is 1. The molecule has 0 spiro atoms. The second-order valence-electron chi connectivity index (χ2n) is 7.79. The number of thiophene rings is 1. The van der Waals surface area contributed by atoms with Crippen molar-refractivity contribution in [3.8, 4) is 0 Å². The predicted molar refractivity (Wildman–Crippen MR) is 135 cm³/mol. The predicted octanol–water partition coefficient (Wildman–Crippen LogP) is 2.26. The molecule has 9 heteroatoms. The minimum atomic E-state index is 0. The summed E-state index contributed by atoms with van der Waals surface area (Å²) in [5.41, 5.74) is 0. The fourth-order valence-electron chi connectivity index (χ4n) is 4.07. The number of rotatable bonds is 9. The molecule has 0 radical (unpaired) electrons. The zero-order chi connectivity index (χ0) is 20.3. The van der Waals surface area contributed by atoms with Crippen LogP contribution in [0.25, 0.3) is 0 Å². The lowest BCUT2D eigenvalue weighted by Crippen LogP contribution is -2.47. The SMILES string of the molecule is CN=C(NCC1CCN(CCOC)CC1)NCC(c1cccs1)N1CCOCC1.I. The van der Waals surface area contributed by atoms with Crippen LogP contribution in [-0.4, -0.2) is 95.6 Å². The number of methoxy groups -OCH3 is 1. The molecule has 0 amide bonds. The number of aliphatic imine (C=N–C) groups is 1. The number of ether oxygens (including phenoxy) is 2. The molecular weight excluding hydrogens is 513 g/mol. The minimum absolute atomic E-state index is 0. The number of nitrogens with zero attached hydrogens (tertiary/aromatic N) is 3. The summed E-state index contributed by atoms with van der Waals surface area (Å²) in [6.45, 7) is 9.65. The molecule has 7 nitrogen and oxygen atoms in total. The van der Waals surface area contributed by atoms with Crippen molar-refractivity contribution in [2.24, 2.45) is 10.9 Å². The van der Waals surface area contributed by atoms with E-state index in [9.17, 15) is 0 Å². The number of hydrogen-bond acceptors (Lipinski definition) is 6. The Morgan fingerprint density at radius 2 is 2.03 bits per heavy atom. The zero-order valence-corrected chi connectivity index (χ0v) is 21.5. The third-order valence-corrected chi connectivity index (χ3v) is 6.90. The molecule has 30 heavy (non-hydrogen) atoms. The van der Waals surface area contributed by atoms with Crippen LogP contribution >= 0.6 is 35.3 Å². The van der Waals surface area contributed by atoms with Gasteiger partial charge in [0.2, 0.25) is 0 Å². The Morgan fingerprint density at radius 3 is 2.67 bits per heavy atom.